The van der Waals surface area contributed by atoms with Crippen LogP contribution >= 0.6 is 0 Å². The minimum absolute atomic E-state index is 0.287. The Morgan fingerprint density at radius 2 is 2.20 bits per heavy atom. The third kappa shape index (κ3) is 3.03. The van der Waals surface area contributed by atoms with Gasteiger partial charge in [-0.1, -0.05) is 6.92 Å². The highest BCUT2D eigenvalue weighted by molar-refractivity contribution is 5.23. The van der Waals surface area contributed by atoms with Crippen LogP contribution in [0.15, 0.2) is 18.2 Å². The van der Waals surface area contributed by atoms with E-state index >= 15 is 0 Å². The van der Waals surface area contributed by atoms with E-state index in [1.54, 1.807) is 0 Å². The van der Waals surface area contributed by atoms with Gasteiger partial charge in [0.25, 0.3) is 0 Å². The van der Waals surface area contributed by atoms with Gasteiger partial charge in [-0.3, -0.25) is 0 Å². The first-order valence-electron chi connectivity index (χ1n) is 4.80. The number of halogens is 2. The fourth-order valence-electron chi connectivity index (χ4n) is 1.44. The molecule has 80 valence electrons. The van der Waals surface area contributed by atoms with Crippen LogP contribution in [0.3, 0.4) is 0 Å². The minimum Gasteiger partial charge on any atom is -0.309 e. The Hall–Kier alpha value is -1.40. The van der Waals surface area contributed by atoms with Crippen LogP contribution in [0, 0.1) is 24.0 Å². The lowest BCUT2D eigenvalue weighted by Crippen LogP contribution is -2.21. The SMILES string of the molecule is C#CCC(NCC)c1cc(F)ccc1F. The van der Waals surface area contributed by atoms with Crippen molar-refractivity contribution in [3.63, 3.8) is 0 Å². The summed E-state index contributed by atoms with van der Waals surface area (Å²) < 4.78 is 26.3. The first-order valence-corrected chi connectivity index (χ1v) is 4.80. The van der Waals surface area contributed by atoms with Gasteiger partial charge in [0.15, 0.2) is 0 Å². The minimum atomic E-state index is -0.452. The second kappa shape index (κ2) is 5.47. The van der Waals surface area contributed by atoms with E-state index < -0.39 is 11.6 Å². The molecule has 1 nitrogen and oxygen atoms in total. The number of hydrogen-bond donors (Lipinski definition) is 1. The van der Waals surface area contributed by atoms with E-state index in [-0.39, 0.29) is 11.6 Å². The second-order valence-corrected chi connectivity index (χ2v) is 3.18. The smallest absolute Gasteiger partial charge is 0.128 e. The fraction of sp³-hybridized carbons (Fsp3) is 0.333. The third-order valence-electron chi connectivity index (χ3n) is 2.11. The highest BCUT2D eigenvalue weighted by Crippen LogP contribution is 2.20. The summed E-state index contributed by atoms with van der Waals surface area (Å²) in [7, 11) is 0. The molecule has 0 aromatic heterocycles. The molecule has 1 aromatic rings. The number of rotatable bonds is 4. The number of nitrogens with one attached hydrogen (secondary N) is 1. The van der Waals surface area contributed by atoms with E-state index in [0.29, 0.717) is 13.0 Å². The van der Waals surface area contributed by atoms with Crippen LogP contribution in [0.4, 0.5) is 8.78 Å². The largest absolute Gasteiger partial charge is 0.309 e. The van der Waals surface area contributed by atoms with Gasteiger partial charge in [-0.05, 0) is 24.7 Å². The van der Waals surface area contributed by atoms with Crippen molar-refractivity contribution in [1.82, 2.24) is 5.32 Å². The molecule has 1 atom stereocenters. The molecule has 0 radical (unpaired) electrons. The summed E-state index contributed by atoms with van der Waals surface area (Å²) in [5, 5.41) is 3.02. The molecular formula is C12H13F2N. The number of benzene rings is 1. The highest BCUT2D eigenvalue weighted by Gasteiger charge is 2.14. The average molecular weight is 209 g/mol. The molecule has 0 aliphatic carbocycles. The van der Waals surface area contributed by atoms with Crippen molar-refractivity contribution in [2.45, 2.75) is 19.4 Å². The van der Waals surface area contributed by atoms with Gasteiger partial charge < -0.3 is 5.32 Å². The summed E-state index contributed by atoms with van der Waals surface area (Å²) in [4.78, 5) is 0. The molecule has 0 saturated heterocycles. The van der Waals surface area contributed by atoms with E-state index in [9.17, 15) is 8.78 Å². The lowest BCUT2D eigenvalue weighted by Gasteiger charge is -2.16. The van der Waals surface area contributed by atoms with Crippen molar-refractivity contribution in [3.05, 3.63) is 35.4 Å². The quantitative estimate of drug-likeness (QED) is 0.752. The van der Waals surface area contributed by atoms with E-state index in [1.807, 2.05) is 6.92 Å². The lowest BCUT2D eigenvalue weighted by molar-refractivity contribution is 0.511. The van der Waals surface area contributed by atoms with Gasteiger partial charge >= 0.3 is 0 Å². The topological polar surface area (TPSA) is 12.0 Å². The number of hydrogen-bond acceptors (Lipinski definition) is 1. The Balaban J connectivity index is 2.99. The summed E-state index contributed by atoms with van der Waals surface area (Å²) in [6, 6.07) is 3.07. The van der Waals surface area contributed by atoms with E-state index in [2.05, 4.69) is 11.2 Å². The highest BCUT2D eigenvalue weighted by atomic mass is 19.1. The van der Waals surface area contributed by atoms with Crippen LogP contribution in [0.2, 0.25) is 0 Å². The first-order chi connectivity index (χ1) is 7.19. The van der Waals surface area contributed by atoms with Gasteiger partial charge in [-0.25, -0.2) is 8.78 Å². The monoisotopic (exact) mass is 209 g/mol. The normalized spacial score (nSPS) is 12.1. The Morgan fingerprint density at radius 1 is 1.47 bits per heavy atom. The molecule has 0 aliphatic heterocycles. The van der Waals surface area contributed by atoms with Gasteiger partial charge in [0.05, 0.1) is 0 Å². The van der Waals surface area contributed by atoms with E-state index in [1.165, 1.54) is 6.07 Å². The van der Waals surface area contributed by atoms with Crippen LogP contribution in [-0.4, -0.2) is 6.54 Å². The fourth-order valence-corrected chi connectivity index (χ4v) is 1.44. The molecule has 0 spiro atoms. The molecule has 0 aliphatic rings. The summed E-state index contributed by atoms with van der Waals surface area (Å²) in [6.07, 6.45) is 5.52. The lowest BCUT2D eigenvalue weighted by atomic mass is 10.0. The standard InChI is InChI=1S/C12H13F2N/c1-3-5-12(15-4-2)10-8-9(13)6-7-11(10)14/h1,6-8,12,15H,4-5H2,2H3. The summed E-state index contributed by atoms with van der Waals surface area (Å²) >= 11 is 0. The molecule has 15 heavy (non-hydrogen) atoms. The zero-order valence-corrected chi connectivity index (χ0v) is 8.56. The van der Waals surface area contributed by atoms with Gasteiger partial charge in [-0.15, -0.1) is 12.3 Å². The van der Waals surface area contributed by atoms with Crippen LogP contribution in [0.25, 0.3) is 0 Å². The predicted octanol–water partition coefficient (Wildman–Crippen LogP) is 2.64. The summed E-state index contributed by atoms with van der Waals surface area (Å²) in [5.74, 6) is 1.56. The Labute approximate surface area is 88.5 Å². The molecule has 0 saturated carbocycles. The average Bonchev–Trinajstić information content (AvgIpc) is 2.21. The predicted molar refractivity (Wildman–Crippen MR) is 56.2 cm³/mol. The van der Waals surface area contributed by atoms with Crippen LogP contribution in [0.1, 0.15) is 24.9 Å². The van der Waals surface area contributed by atoms with Crippen molar-refractivity contribution in [2.75, 3.05) is 6.54 Å². The van der Waals surface area contributed by atoms with Gasteiger partial charge in [0, 0.05) is 18.0 Å². The summed E-state index contributed by atoms with van der Waals surface area (Å²) in [6.45, 7) is 2.54. The maximum absolute atomic E-state index is 13.4. The maximum Gasteiger partial charge on any atom is 0.128 e. The molecule has 1 rings (SSSR count). The van der Waals surface area contributed by atoms with Gasteiger partial charge in [0.2, 0.25) is 0 Å². The maximum atomic E-state index is 13.4. The Kier molecular flexibility index (Phi) is 4.26. The second-order valence-electron chi connectivity index (χ2n) is 3.18. The molecule has 3 heteroatoms. The van der Waals surface area contributed by atoms with Gasteiger partial charge in [-0.2, -0.15) is 0 Å². The van der Waals surface area contributed by atoms with Crippen LogP contribution in [-0.2, 0) is 0 Å². The van der Waals surface area contributed by atoms with Crippen molar-refractivity contribution in [1.29, 1.82) is 0 Å². The van der Waals surface area contributed by atoms with Gasteiger partial charge in [0.1, 0.15) is 11.6 Å². The van der Waals surface area contributed by atoms with Crippen LogP contribution < -0.4 is 5.32 Å². The van der Waals surface area contributed by atoms with Crippen molar-refractivity contribution >= 4 is 0 Å². The van der Waals surface area contributed by atoms with Crippen molar-refractivity contribution in [3.8, 4) is 12.3 Å². The molecule has 0 heterocycles. The molecule has 1 unspecified atom stereocenters. The van der Waals surface area contributed by atoms with E-state index in [4.69, 9.17) is 6.42 Å². The van der Waals surface area contributed by atoms with Crippen molar-refractivity contribution in [2.24, 2.45) is 0 Å². The molecule has 0 fully saturated rings. The molecule has 0 amide bonds. The van der Waals surface area contributed by atoms with Crippen molar-refractivity contribution < 1.29 is 8.78 Å². The first kappa shape index (κ1) is 11.7. The van der Waals surface area contributed by atoms with Crippen LogP contribution in [0.5, 0.6) is 0 Å². The molecule has 0 bridgehead atoms. The Morgan fingerprint density at radius 3 is 2.80 bits per heavy atom. The zero-order chi connectivity index (χ0) is 11.3. The number of terminal acetylenes is 1. The molecular weight excluding hydrogens is 196 g/mol. The summed E-state index contributed by atoms with van der Waals surface area (Å²) in [5.41, 5.74) is 0.287. The van der Waals surface area contributed by atoms with E-state index in [0.717, 1.165) is 12.1 Å². The zero-order valence-electron chi connectivity index (χ0n) is 8.56. The Bertz CT molecular complexity index is 368. The molecule has 1 N–H and O–H groups in total. The third-order valence-corrected chi connectivity index (χ3v) is 2.11. The molecule has 1 aromatic carbocycles.